The SMILES string of the molecule is C[C@H](C(=O)N1CCC(c2cccc(C(F)(F)F)c2)C1)c1ccccc1. The number of benzene rings is 2. The van der Waals surface area contributed by atoms with Gasteiger partial charge in [0.2, 0.25) is 5.91 Å². The zero-order valence-corrected chi connectivity index (χ0v) is 14.0. The van der Waals surface area contributed by atoms with Gasteiger partial charge in [-0.25, -0.2) is 0 Å². The molecule has 1 heterocycles. The van der Waals surface area contributed by atoms with Gasteiger partial charge in [0.15, 0.2) is 0 Å². The smallest absolute Gasteiger partial charge is 0.342 e. The molecule has 0 spiro atoms. The lowest BCUT2D eigenvalue weighted by Crippen LogP contribution is -2.32. The molecular formula is C20H20F3NO. The fourth-order valence-corrected chi connectivity index (χ4v) is 3.36. The number of carbonyl (C=O) groups excluding carboxylic acids is 1. The van der Waals surface area contributed by atoms with Crippen molar-refractivity contribution in [2.75, 3.05) is 13.1 Å². The highest BCUT2D eigenvalue weighted by Gasteiger charge is 2.33. The van der Waals surface area contributed by atoms with Crippen LogP contribution in [0.25, 0.3) is 0 Å². The second-order valence-corrected chi connectivity index (χ2v) is 6.53. The van der Waals surface area contributed by atoms with E-state index in [2.05, 4.69) is 0 Å². The Morgan fingerprint density at radius 1 is 1.12 bits per heavy atom. The highest BCUT2D eigenvalue weighted by molar-refractivity contribution is 5.83. The molecule has 0 bridgehead atoms. The molecule has 3 rings (SSSR count). The normalized spacial score (nSPS) is 19.0. The summed E-state index contributed by atoms with van der Waals surface area (Å²) in [6.45, 7) is 2.92. The van der Waals surface area contributed by atoms with Crippen LogP contribution in [-0.2, 0) is 11.0 Å². The molecule has 1 amide bonds. The molecule has 1 saturated heterocycles. The second-order valence-electron chi connectivity index (χ2n) is 6.53. The number of carbonyl (C=O) groups is 1. The van der Waals surface area contributed by atoms with E-state index in [1.807, 2.05) is 37.3 Å². The highest BCUT2D eigenvalue weighted by Crippen LogP contribution is 2.34. The lowest BCUT2D eigenvalue weighted by atomic mass is 9.96. The molecule has 132 valence electrons. The van der Waals surface area contributed by atoms with Gasteiger partial charge >= 0.3 is 6.18 Å². The predicted molar refractivity (Wildman–Crippen MR) is 90.2 cm³/mol. The topological polar surface area (TPSA) is 20.3 Å². The predicted octanol–water partition coefficient (Wildman–Crippen LogP) is 4.83. The van der Waals surface area contributed by atoms with Crippen molar-refractivity contribution in [1.82, 2.24) is 4.90 Å². The number of likely N-dealkylation sites (tertiary alicyclic amines) is 1. The van der Waals surface area contributed by atoms with Crippen molar-refractivity contribution >= 4 is 5.91 Å². The molecule has 2 aromatic rings. The van der Waals surface area contributed by atoms with Gasteiger partial charge in [0.05, 0.1) is 11.5 Å². The van der Waals surface area contributed by atoms with Crippen LogP contribution in [0.4, 0.5) is 13.2 Å². The summed E-state index contributed by atoms with van der Waals surface area (Å²) in [6.07, 6.45) is -3.65. The van der Waals surface area contributed by atoms with Crippen molar-refractivity contribution in [1.29, 1.82) is 0 Å². The van der Waals surface area contributed by atoms with Crippen molar-refractivity contribution in [3.05, 3.63) is 71.3 Å². The zero-order valence-electron chi connectivity index (χ0n) is 14.0. The Balaban J connectivity index is 1.71. The van der Waals surface area contributed by atoms with E-state index in [0.717, 1.165) is 11.6 Å². The van der Waals surface area contributed by atoms with Crippen molar-refractivity contribution in [2.45, 2.75) is 31.4 Å². The third-order valence-corrected chi connectivity index (χ3v) is 4.86. The van der Waals surface area contributed by atoms with E-state index in [1.54, 1.807) is 11.0 Å². The van der Waals surface area contributed by atoms with Crippen LogP contribution < -0.4 is 0 Å². The Bertz CT molecular complexity index is 742. The molecule has 2 atom stereocenters. The summed E-state index contributed by atoms with van der Waals surface area (Å²) in [4.78, 5) is 14.5. The maximum Gasteiger partial charge on any atom is 0.416 e. The number of halogens is 3. The molecule has 1 fully saturated rings. The summed E-state index contributed by atoms with van der Waals surface area (Å²) in [5.41, 5.74) is 0.972. The van der Waals surface area contributed by atoms with Crippen LogP contribution in [0, 0.1) is 0 Å². The third kappa shape index (κ3) is 3.86. The molecule has 0 aromatic heterocycles. The van der Waals surface area contributed by atoms with Crippen LogP contribution in [0.1, 0.15) is 41.9 Å². The minimum Gasteiger partial charge on any atom is -0.342 e. The van der Waals surface area contributed by atoms with Crippen LogP contribution in [-0.4, -0.2) is 23.9 Å². The Kier molecular flexibility index (Phi) is 4.84. The second kappa shape index (κ2) is 6.90. The van der Waals surface area contributed by atoms with Crippen LogP contribution in [0.3, 0.4) is 0 Å². The maximum absolute atomic E-state index is 12.9. The van der Waals surface area contributed by atoms with Crippen LogP contribution in [0.2, 0.25) is 0 Å². The Morgan fingerprint density at radius 2 is 1.84 bits per heavy atom. The molecule has 1 aliphatic heterocycles. The third-order valence-electron chi connectivity index (χ3n) is 4.86. The number of amides is 1. The van der Waals surface area contributed by atoms with E-state index in [4.69, 9.17) is 0 Å². The first-order chi connectivity index (χ1) is 11.9. The molecule has 0 N–H and O–H groups in total. The summed E-state index contributed by atoms with van der Waals surface area (Å²) >= 11 is 0. The van der Waals surface area contributed by atoms with Gasteiger partial charge in [0.1, 0.15) is 0 Å². The van der Waals surface area contributed by atoms with Crippen molar-refractivity contribution < 1.29 is 18.0 Å². The minimum atomic E-state index is -4.34. The summed E-state index contributed by atoms with van der Waals surface area (Å²) in [5, 5.41) is 0. The monoisotopic (exact) mass is 347 g/mol. The van der Waals surface area contributed by atoms with E-state index in [0.29, 0.717) is 25.1 Å². The average Bonchev–Trinajstić information content (AvgIpc) is 3.11. The molecule has 5 heteroatoms. The number of hydrogen-bond acceptors (Lipinski definition) is 1. The van der Waals surface area contributed by atoms with Gasteiger partial charge in [0, 0.05) is 19.0 Å². The molecule has 1 unspecified atom stereocenters. The fourth-order valence-electron chi connectivity index (χ4n) is 3.36. The van der Waals surface area contributed by atoms with Crippen molar-refractivity contribution in [3.8, 4) is 0 Å². The molecule has 1 aliphatic rings. The van der Waals surface area contributed by atoms with Crippen LogP contribution in [0.15, 0.2) is 54.6 Å². The summed E-state index contributed by atoms with van der Waals surface area (Å²) in [7, 11) is 0. The minimum absolute atomic E-state index is 0.0284. The zero-order chi connectivity index (χ0) is 18.0. The molecule has 0 radical (unpaired) electrons. The fraction of sp³-hybridized carbons (Fsp3) is 0.350. The molecular weight excluding hydrogens is 327 g/mol. The maximum atomic E-state index is 12.9. The van der Waals surface area contributed by atoms with Gasteiger partial charge in [-0.15, -0.1) is 0 Å². The highest BCUT2D eigenvalue weighted by atomic mass is 19.4. The first-order valence-electron chi connectivity index (χ1n) is 8.37. The van der Waals surface area contributed by atoms with Crippen molar-refractivity contribution in [3.63, 3.8) is 0 Å². The largest absolute Gasteiger partial charge is 0.416 e. The number of alkyl halides is 3. The Hall–Kier alpha value is -2.30. The summed E-state index contributed by atoms with van der Waals surface area (Å²) < 4.78 is 38.7. The van der Waals surface area contributed by atoms with E-state index in [9.17, 15) is 18.0 Å². The van der Waals surface area contributed by atoms with Gasteiger partial charge in [-0.3, -0.25) is 4.79 Å². The first kappa shape index (κ1) is 17.5. The summed E-state index contributed by atoms with van der Waals surface area (Å²) in [5.74, 6) is -0.267. The lowest BCUT2D eigenvalue weighted by Gasteiger charge is -2.21. The molecule has 2 aromatic carbocycles. The number of nitrogens with zero attached hydrogens (tertiary/aromatic N) is 1. The molecule has 0 aliphatic carbocycles. The molecule has 25 heavy (non-hydrogen) atoms. The standard InChI is InChI=1S/C20H20F3NO/c1-14(15-6-3-2-4-7-15)19(25)24-11-10-17(13-24)16-8-5-9-18(12-16)20(21,22)23/h2-9,12,14,17H,10-11,13H2,1H3/t14-,17?/m0/s1. The quantitative estimate of drug-likeness (QED) is 0.779. The van der Waals surface area contributed by atoms with E-state index in [-0.39, 0.29) is 17.7 Å². The first-order valence-corrected chi connectivity index (χ1v) is 8.37. The van der Waals surface area contributed by atoms with E-state index in [1.165, 1.54) is 12.1 Å². The lowest BCUT2D eigenvalue weighted by molar-refractivity contribution is -0.137. The Labute approximate surface area is 145 Å². The van der Waals surface area contributed by atoms with E-state index < -0.39 is 11.7 Å². The van der Waals surface area contributed by atoms with Gasteiger partial charge in [0.25, 0.3) is 0 Å². The van der Waals surface area contributed by atoms with E-state index >= 15 is 0 Å². The molecule has 2 nitrogen and oxygen atoms in total. The van der Waals surface area contributed by atoms with Gasteiger partial charge in [-0.2, -0.15) is 13.2 Å². The van der Waals surface area contributed by atoms with Gasteiger partial charge < -0.3 is 4.90 Å². The van der Waals surface area contributed by atoms with Crippen molar-refractivity contribution in [2.24, 2.45) is 0 Å². The molecule has 0 saturated carbocycles. The van der Waals surface area contributed by atoms with Crippen LogP contribution >= 0.6 is 0 Å². The van der Waals surface area contributed by atoms with Crippen LogP contribution in [0.5, 0.6) is 0 Å². The Morgan fingerprint density at radius 3 is 2.52 bits per heavy atom. The van der Waals surface area contributed by atoms with Gasteiger partial charge in [-0.1, -0.05) is 48.5 Å². The summed E-state index contributed by atoms with van der Waals surface area (Å²) in [6, 6.07) is 15.0. The van der Waals surface area contributed by atoms with Gasteiger partial charge in [-0.05, 0) is 30.5 Å². The number of rotatable bonds is 3. The average molecular weight is 347 g/mol. The number of hydrogen-bond donors (Lipinski definition) is 0.